The topological polar surface area (TPSA) is 52.6 Å². The van der Waals surface area contributed by atoms with E-state index in [-0.39, 0.29) is 11.8 Å². The standard InChI is InChI=1S/C24H20Cl2O4/c1-29-23(27)21-17(13-25)18(14-26)22(24(28)30-2)20(16-11-7-4-8-12-16)19(21)15-9-5-3-6-10-15/h3-12H,13-14H2,1-2H3. The Morgan fingerprint density at radius 1 is 0.667 bits per heavy atom. The number of halogens is 2. The van der Waals surface area contributed by atoms with E-state index < -0.39 is 11.9 Å². The van der Waals surface area contributed by atoms with E-state index in [1.165, 1.54) is 14.2 Å². The molecule has 0 aliphatic heterocycles. The van der Waals surface area contributed by atoms with Gasteiger partial charge in [-0.25, -0.2) is 9.59 Å². The molecule has 30 heavy (non-hydrogen) atoms. The Balaban J connectivity index is 2.63. The largest absolute Gasteiger partial charge is 0.465 e. The lowest BCUT2D eigenvalue weighted by atomic mass is 9.81. The van der Waals surface area contributed by atoms with E-state index in [1.807, 2.05) is 60.7 Å². The molecular weight excluding hydrogens is 423 g/mol. The van der Waals surface area contributed by atoms with Crippen molar-refractivity contribution in [2.45, 2.75) is 11.8 Å². The summed E-state index contributed by atoms with van der Waals surface area (Å²) in [7, 11) is 2.62. The number of methoxy groups -OCH3 is 2. The van der Waals surface area contributed by atoms with Crippen LogP contribution in [0.4, 0.5) is 0 Å². The highest BCUT2D eigenvalue weighted by Gasteiger charge is 2.31. The molecule has 0 N–H and O–H groups in total. The summed E-state index contributed by atoms with van der Waals surface area (Å²) in [5.74, 6) is -1.15. The third-order valence-electron chi connectivity index (χ3n) is 4.89. The van der Waals surface area contributed by atoms with Gasteiger partial charge in [-0.2, -0.15) is 0 Å². The van der Waals surface area contributed by atoms with Gasteiger partial charge in [-0.15, -0.1) is 23.2 Å². The van der Waals surface area contributed by atoms with Crippen molar-refractivity contribution in [3.63, 3.8) is 0 Å². The van der Waals surface area contributed by atoms with Crippen molar-refractivity contribution in [2.24, 2.45) is 0 Å². The molecule has 0 aromatic heterocycles. The summed E-state index contributed by atoms with van der Waals surface area (Å²) >= 11 is 12.6. The van der Waals surface area contributed by atoms with Crippen LogP contribution >= 0.6 is 23.2 Å². The minimum Gasteiger partial charge on any atom is -0.465 e. The van der Waals surface area contributed by atoms with Crippen molar-refractivity contribution in [3.8, 4) is 22.3 Å². The van der Waals surface area contributed by atoms with Gasteiger partial charge in [0.25, 0.3) is 0 Å². The number of ether oxygens (including phenoxy) is 2. The Morgan fingerprint density at radius 2 is 1.00 bits per heavy atom. The summed E-state index contributed by atoms with van der Waals surface area (Å²) in [6.07, 6.45) is 0. The zero-order valence-corrected chi connectivity index (χ0v) is 18.1. The molecule has 0 spiro atoms. The predicted octanol–water partition coefficient (Wildman–Crippen LogP) is 6.07. The van der Waals surface area contributed by atoms with E-state index in [2.05, 4.69) is 0 Å². The van der Waals surface area contributed by atoms with Crippen LogP contribution in [0.15, 0.2) is 60.7 Å². The Labute approximate surface area is 185 Å². The van der Waals surface area contributed by atoms with Crippen molar-refractivity contribution < 1.29 is 19.1 Å². The molecule has 0 heterocycles. The molecular formula is C24H20Cl2O4. The van der Waals surface area contributed by atoms with Crippen LogP contribution in [0, 0.1) is 0 Å². The molecule has 154 valence electrons. The monoisotopic (exact) mass is 442 g/mol. The van der Waals surface area contributed by atoms with Gasteiger partial charge in [0.2, 0.25) is 0 Å². The average molecular weight is 443 g/mol. The summed E-state index contributed by atoms with van der Waals surface area (Å²) in [5.41, 5.74) is 4.09. The minimum absolute atomic E-state index is 0.0224. The highest BCUT2D eigenvalue weighted by Crippen LogP contribution is 2.43. The Bertz CT molecular complexity index is 977. The molecule has 0 saturated carbocycles. The number of hydrogen-bond donors (Lipinski definition) is 0. The summed E-state index contributed by atoms with van der Waals surface area (Å²) in [4.78, 5) is 25.9. The second kappa shape index (κ2) is 9.79. The van der Waals surface area contributed by atoms with E-state index in [0.29, 0.717) is 33.4 Å². The van der Waals surface area contributed by atoms with E-state index in [1.54, 1.807) is 0 Å². The number of esters is 2. The molecule has 0 fully saturated rings. The normalized spacial score (nSPS) is 10.5. The Kier molecular flexibility index (Phi) is 7.14. The van der Waals surface area contributed by atoms with Gasteiger partial charge in [0.05, 0.1) is 25.3 Å². The van der Waals surface area contributed by atoms with Gasteiger partial charge < -0.3 is 9.47 Å². The number of hydrogen-bond acceptors (Lipinski definition) is 4. The molecule has 0 amide bonds. The fourth-order valence-electron chi connectivity index (χ4n) is 3.59. The first-order valence-corrected chi connectivity index (χ1v) is 10.3. The number of carbonyl (C=O) groups is 2. The number of carbonyl (C=O) groups excluding carboxylic acids is 2. The zero-order chi connectivity index (χ0) is 21.7. The first kappa shape index (κ1) is 21.9. The molecule has 3 aromatic rings. The fraction of sp³-hybridized carbons (Fsp3) is 0.167. The quantitative estimate of drug-likeness (QED) is 0.343. The molecule has 3 aromatic carbocycles. The highest BCUT2D eigenvalue weighted by atomic mass is 35.5. The lowest BCUT2D eigenvalue weighted by Gasteiger charge is -2.24. The number of alkyl halides is 2. The van der Waals surface area contributed by atoms with Gasteiger partial charge in [-0.3, -0.25) is 0 Å². The van der Waals surface area contributed by atoms with Crippen molar-refractivity contribution in [2.75, 3.05) is 14.2 Å². The summed E-state index contributed by atoms with van der Waals surface area (Å²) < 4.78 is 10.2. The molecule has 3 rings (SSSR count). The third kappa shape index (κ3) is 3.93. The Morgan fingerprint density at radius 3 is 1.27 bits per heavy atom. The van der Waals surface area contributed by atoms with E-state index in [0.717, 1.165) is 11.1 Å². The van der Waals surface area contributed by atoms with Crippen LogP contribution in [-0.2, 0) is 21.2 Å². The minimum atomic E-state index is -0.551. The summed E-state index contributed by atoms with van der Waals surface area (Å²) in [6, 6.07) is 18.7. The van der Waals surface area contributed by atoms with Crippen molar-refractivity contribution >= 4 is 35.1 Å². The van der Waals surface area contributed by atoms with Crippen LogP contribution in [0.5, 0.6) is 0 Å². The molecule has 0 radical (unpaired) electrons. The van der Waals surface area contributed by atoms with Crippen molar-refractivity contribution in [1.29, 1.82) is 0 Å². The van der Waals surface area contributed by atoms with E-state index in [9.17, 15) is 9.59 Å². The molecule has 0 aliphatic carbocycles. The van der Waals surface area contributed by atoms with Gasteiger partial charge in [0, 0.05) is 22.9 Å². The van der Waals surface area contributed by atoms with Gasteiger partial charge in [-0.05, 0) is 22.3 Å². The van der Waals surface area contributed by atoms with E-state index in [4.69, 9.17) is 32.7 Å². The SMILES string of the molecule is COC(=O)c1c(CCl)c(CCl)c(C(=O)OC)c(-c2ccccc2)c1-c1ccccc1. The van der Waals surface area contributed by atoms with Gasteiger partial charge in [-0.1, -0.05) is 60.7 Å². The maximum absolute atomic E-state index is 12.9. The third-order valence-corrected chi connectivity index (χ3v) is 5.42. The molecule has 0 atom stereocenters. The summed E-state index contributed by atoms with van der Waals surface area (Å²) in [6.45, 7) is 0. The van der Waals surface area contributed by atoms with Gasteiger partial charge >= 0.3 is 11.9 Å². The van der Waals surface area contributed by atoms with Crippen LogP contribution in [0.2, 0.25) is 0 Å². The molecule has 6 heteroatoms. The first-order valence-electron chi connectivity index (χ1n) is 9.20. The Hall–Kier alpha value is -2.82. The fourth-order valence-corrected chi connectivity index (χ4v) is 4.18. The lowest BCUT2D eigenvalue weighted by Crippen LogP contribution is -2.17. The second-order valence-corrected chi connectivity index (χ2v) is 6.97. The lowest BCUT2D eigenvalue weighted by molar-refractivity contribution is 0.0586. The van der Waals surface area contributed by atoms with Gasteiger partial charge in [0.1, 0.15) is 0 Å². The summed E-state index contributed by atoms with van der Waals surface area (Å²) in [5, 5.41) is 0. The molecule has 0 aliphatic rings. The predicted molar refractivity (Wildman–Crippen MR) is 119 cm³/mol. The maximum atomic E-state index is 12.9. The van der Waals surface area contributed by atoms with Crippen LogP contribution < -0.4 is 0 Å². The number of rotatable bonds is 6. The van der Waals surface area contributed by atoms with Crippen molar-refractivity contribution in [1.82, 2.24) is 0 Å². The van der Waals surface area contributed by atoms with Crippen LogP contribution in [-0.4, -0.2) is 26.2 Å². The van der Waals surface area contributed by atoms with Crippen LogP contribution in [0.3, 0.4) is 0 Å². The molecule has 0 unspecified atom stereocenters. The van der Waals surface area contributed by atoms with Crippen LogP contribution in [0.25, 0.3) is 22.3 Å². The van der Waals surface area contributed by atoms with Crippen molar-refractivity contribution in [3.05, 3.63) is 82.9 Å². The molecule has 0 saturated heterocycles. The number of benzene rings is 3. The first-order chi connectivity index (χ1) is 14.6. The average Bonchev–Trinajstić information content (AvgIpc) is 2.82. The molecule has 4 nitrogen and oxygen atoms in total. The molecule has 0 bridgehead atoms. The van der Waals surface area contributed by atoms with Gasteiger partial charge in [0.15, 0.2) is 0 Å². The maximum Gasteiger partial charge on any atom is 0.338 e. The smallest absolute Gasteiger partial charge is 0.338 e. The second-order valence-electron chi connectivity index (χ2n) is 6.44. The van der Waals surface area contributed by atoms with Crippen LogP contribution in [0.1, 0.15) is 31.8 Å². The van der Waals surface area contributed by atoms with E-state index >= 15 is 0 Å². The highest BCUT2D eigenvalue weighted by molar-refractivity contribution is 6.22. The zero-order valence-electron chi connectivity index (χ0n) is 16.6.